The van der Waals surface area contributed by atoms with Crippen LogP contribution in [0.4, 0.5) is 0 Å². The van der Waals surface area contributed by atoms with Crippen LogP contribution in [0.25, 0.3) is 0 Å². The van der Waals surface area contributed by atoms with Crippen molar-refractivity contribution in [2.75, 3.05) is 0 Å². The Kier molecular flexibility index (Phi) is 3.24. The van der Waals surface area contributed by atoms with Crippen LogP contribution in [-0.2, 0) is 7.05 Å². The molecule has 88 valence electrons. The number of rotatable bonds is 2. The predicted molar refractivity (Wildman–Crippen MR) is 58.9 cm³/mol. The smallest absolute Gasteiger partial charge is 0.271 e. The van der Waals surface area contributed by atoms with E-state index in [1.165, 1.54) is 0 Å². The number of amides is 1. The summed E-state index contributed by atoms with van der Waals surface area (Å²) in [7, 11) is 1.82. The van der Waals surface area contributed by atoms with Crippen LogP contribution in [0.3, 0.4) is 0 Å². The van der Waals surface area contributed by atoms with Gasteiger partial charge in [-0.15, -0.1) is 0 Å². The third-order valence-electron chi connectivity index (χ3n) is 2.98. The van der Waals surface area contributed by atoms with Gasteiger partial charge in [0.25, 0.3) is 5.91 Å². The van der Waals surface area contributed by atoms with Gasteiger partial charge in [0.2, 0.25) is 0 Å². The molecule has 1 amide bonds. The van der Waals surface area contributed by atoms with Crippen LogP contribution in [0.5, 0.6) is 0 Å². The summed E-state index contributed by atoms with van der Waals surface area (Å²) in [4.78, 5) is 15.7. The highest BCUT2D eigenvalue weighted by molar-refractivity contribution is 5.92. The average molecular weight is 223 g/mol. The second-order valence-corrected chi connectivity index (χ2v) is 4.36. The zero-order valence-electron chi connectivity index (χ0n) is 9.39. The number of aliphatic hydroxyl groups excluding tert-OH is 1. The Morgan fingerprint density at radius 2 is 2.31 bits per heavy atom. The zero-order valence-corrected chi connectivity index (χ0v) is 9.39. The summed E-state index contributed by atoms with van der Waals surface area (Å²) in [5, 5.41) is 12.6. The largest absolute Gasteiger partial charge is 0.391 e. The van der Waals surface area contributed by atoms with E-state index >= 15 is 0 Å². The highest BCUT2D eigenvalue weighted by atomic mass is 16.3. The Bertz CT molecular complexity index is 375. The normalized spacial score (nSPS) is 25.4. The summed E-state index contributed by atoms with van der Waals surface area (Å²) in [6.07, 6.45) is 6.56. The second-order valence-electron chi connectivity index (χ2n) is 4.36. The molecule has 5 nitrogen and oxygen atoms in total. The minimum atomic E-state index is -0.415. The number of nitrogens with one attached hydrogen (secondary N) is 1. The maximum absolute atomic E-state index is 11.8. The van der Waals surface area contributed by atoms with Gasteiger partial charge in [-0.3, -0.25) is 4.79 Å². The summed E-state index contributed by atoms with van der Waals surface area (Å²) in [5.74, 6) is -0.202. The fourth-order valence-corrected chi connectivity index (χ4v) is 2.05. The van der Waals surface area contributed by atoms with E-state index in [0.29, 0.717) is 5.69 Å². The number of carbonyl (C=O) groups excluding carboxylic acids is 1. The molecule has 0 saturated heterocycles. The quantitative estimate of drug-likeness (QED) is 0.765. The van der Waals surface area contributed by atoms with Gasteiger partial charge >= 0.3 is 0 Å². The van der Waals surface area contributed by atoms with Crippen LogP contribution < -0.4 is 5.32 Å². The molecule has 1 heterocycles. The molecule has 0 unspecified atom stereocenters. The topological polar surface area (TPSA) is 67.2 Å². The minimum absolute atomic E-state index is 0.122. The van der Waals surface area contributed by atoms with E-state index in [-0.39, 0.29) is 11.9 Å². The standard InChI is InChI=1S/C11H17N3O2/c1-14-6-9(12-7-14)11(16)13-8-4-2-3-5-10(8)15/h6-8,10,15H,2-5H2,1H3,(H,13,16)/t8-,10-/m0/s1. The van der Waals surface area contributed by atoms with E-state index in [1.54, 1.807) is 17.1 Å². The summed E-state index contributed by atoms with van der Waals surface area (Å²) in [5.41, 5.74) is 0.403. The van der Waals surface area contributed by atoms with Crippen molar-refractivity contribution in [2.24, 2.45) is 7.05 Å². The molecule has 0 spiro atoms. The first-order chi connectivity index (χ1) is 7.66. The first-order valence-corrected chi connectivity index (χ1v) is 5.63. The number of imidazole rings is 1. The second kappa shape index (κ2) is 4.65. The number of nitrogens with zero attached hydrogens (tertiary/aromatic N) is 2. The Morgan fingerprint density at radius 1 is 1.56 bits per heavy atom. The van der Waals surface area contributed by atoms with Gasteiger partial charge in [-0.05, 0) is 12.8 Å². The van der Waals surface area contributed by atoms with Crippen LogP contribution in [0, 0.1) is 0 Å². The highest BCUT2D eigenvalue weighted by Gasteiger charge is 2.25. The molecule has 1 aliphatic carbocycles. The molecule has 0 aliphatic heterocycles. The molecule has 2 rings (SSSR count). The Hall–Kier alpha value is -1.36. The molecule has 1 fully saturated rings. The van der Waals surface area contributed by atoms with Crippen molar-refractivity contribution in [3.05, 3.63) is 18.2 Å². The molecule has 2 atom stereocenters. The number of carbonyl (C=O) groups is 1. The first-order valence-electron chi connectivity index (χ1n) is 5.63. The SMILES string of the molecule is Cn1cnc(C(=O)N[C@H]2CCCC[C@@H]2O)c1. The number of hydrogen-bond donors (Lipinski definition) is 2. The van der Waals surface area contributed by atoms with E-state index in [9.17, 15) is 9.90 Å². The maximum Gasteiger partial charge on any atom is 0.271 e. The van der Waals surface area contributed by atoms with Crippen molar-refractivity contribution in [1.29, 1.82) is 0 Å². The van der Waals surface area contributed by atoms with Gasteiger partial charge in [0.15, 0.2) is 0 Å². The van der Waals surface area contributed by atoms with E-state index in [0.717, 1.165) is 25.7 Å². The first kappa shape index (κ1) is 11.1. The van der Waals surface area contributed by atoms with Gasteiger partial charge in [0.1, 0.15) is 5.69 Å². The van der Waals surface area contributed by atoms with Crippen LogP contribution in [0.1, 0.15) is 36.2 Å². The molecule has 5 heteroatoms. The average Bonchev–Trinajstić information content (AvgIpc) is 2.68. The number of aliphatic hydroxyl groups is 1. The molecule has 0 radical (unpaired) electrons. The Balaban J connectivity index is 1.96. The molecule has 0 aromatic carbocycles. The molecule has 0 bridgehead atoms. The molecule has 1 aromatic rings. The van der Waals surface area contributed by atoms with Gasteiger partial charge in [0, 0.05) is 13.2 Å². The highest BCUT2D eigenvalue weighted by Crippen LogP contribution is 2.18. The van der Waals surface area contributed by atoms with Crippen LogP contribution in [0.15, 0.2) is 12.5 Å². The zero-order chi connectivity index (χ0) is 11.5. The lowest BCUT2D eigenvalue weighted by molar-refractivity contribution is 0.0714. The molecule has 1 saturated carbocycles. The number of aryl methyl sites for hydroxylation is 1. The van der Waals surface area contributed by atoms with Gasteiger partial charge in [-0.25, -0.2) is 4.98 Å². The molecule has 16 heavy (non-hydrogen) atoms. The minimum Gasteiger partial charge on any atom is -0.391 e. The summed E-state index contributed by atoms with van der Waals surface area (Å²) in [6.45, 7) is 0. The van der Waals surface area contributed by atoms with Crippen molar-refractivity contribution in [2.45, 2.75) is 37.8 Å². The molecule has 1 aliphatic rings. The predicted octanol–water partition coefficient (Wildman–Crippen LogP) is 0.453. The maximum atomic E-state index is 11.8. The van der Waals surface area contributed by atoms with Crippen molar-refractivity contribution >= 4 is 5.91 Å². The van der Waals surface area contributed by atoms with Crippen molar-refractivity contribution in [3.63, 3.8) is 0 Å². The third-order valence-corrected chi connectivity index (χ3v) is 2.98. The number of aromatic nitrogens is 2. The van der Waals surface area contributed by atoms with Gasteiger partial charge in [-0.2, -0.15) is 0 Å². The van der Waals surface area contributed by atoms with Gasteiger partial charge in [-0.1, -0.05) is 12.8 Å². The molecule has 1 aromatic heterocycles. The van der Waals surface area contributed by atoms with Crippen molar-refractivity contribution in [3.8, 4) is 0 Å². The van der Waals surface area contributed by atoms with Crippen molar-refractivity contribution in [1.82, 2.24) is 14.9 Å². The van der Waals surface area contributed by atoms with Crippen molar-refractivity contribution < 1.29 is 9.90 Å². The lowest BCUT2D eigenvalue weighted by Gasteiger charge is -2.27. The number of hydrogen-bond acceptors (Lipinski definition) is 3. The van der Waals surface area contributed by atoms with Crippen LogP contribution >= 0.6 is 0 Å². The van der Waals surface area contributed by atoms with E-state index in [1.807, 2.05) is 7.05 Å². The monoisotopic (exact) mass is 223 g/mol. The fourth-order valence-electron chi connectivity index (χ4n) is 2.05. The van der Waals surface area contributed by atoms with E-state index in [4.69, 9.17) is 0 Å². The molecular weight excluding hydrogens is 206 g/mol. The summed E-state index contributed by atoms with van der Waals surface area (Å²) in [6, 6.07) is -0.122. The summed E-state index contributed by atoms with van der Waals surface area (Å²) < 4.78 is 1.73. The summed E-state index contributed by atoms with van der Waals surface area (Å²) >= 11 is 0. The van der Waals surface area contributed by atoms with Crippen LogP contribution in [-0.4, -0.2) is 32.7 Å². The van der Waals surface area contributed by atoms with E-state index < -0.39 is 6.10 Å². The van der Waals surface area contributed by atoms with Gasteiger partial charge in [0.05, 0.1) is 18.5 Å². The third kappa shape index (κ3) is 2.41. The Morgan fingerprint density at radius 3 is 2.94 bits per heavy atom. The molecular formula is C11H17N3O2. The van der Waals surface area contributed by atoms with Gasteiger partial charge < -0.3 is 15.0 Å². The lowest BCUT2D eigenvalue weighted by atomic mass is 9.92. The Labute approximate surface area is 94.5 Å². The fraction of sp³-hybridized carbons (Fsp3) is 0.636. The van der Waals surface area contributed by atoms with Crippen LogP contribution in [0.2, 0.25) is 0 Å². The lowest BCUT2D eigenvalue weighted by Crippen LogP contribution is -2.45. The van der Waals surface area contributed by atoms with E-state index in [2.05, 4.69) is 10.3 Å². The molecule has 2 N–H and O–H groups in total.